The molecule has 0 saturated carbocycles. The Hall–Kier alpha value is -4.71. The maximum absolute atomic E-state index is 6.50. The minimum absolute atomic E-state index is 0.0997. The zero-order valence-electron chi connectivity index (χ0n) is 20.6. The highest BCUT2D eigenvalue weighted by Gasteiger charge is 2.34. The third-order valence-corrected chi connectivity index (χ3v) is 7.03. The van der Waals surface area contributed by atoms with Gasteiger partial charge < -0.3 is 9.47 Å². The number of nitrogens with zero attached hydrogens (tertiary/aromatic N) is 4. The molecule has 0 bridgehead atoms. The topological polar surface area (TPSA) is 61.5 Å². The van der Waals surface area contributed by atoms with Crippen LogP contribution >= 0.6 is 0 Å². The number of para-hydroxylation sites is 1. The molecule has 0 fully saturated rings. The molecule has 37 heavy (non-hydrogen) atoms. The van der Waals surface area contributed by atoms with Gasteiger partial charge >= 0.3 is 0 Å². The van der Waals surface area contributed by atoms with Gasteiger partial charge in [-0.2, -0.15) is 0 Å². The molecule has 6 aromatic rings. The van der Waals surface area contributed by atoms with E-state index in [0.29, 0.717) is 11.7 Å². The Balaban J connectivity index is 1.37. The Kier molecular flexibility index (Phi) is 4.92. The van der Waals surface area contributed by atoms with Crippen molar-refractivity contribution in [3.05, 3.63) is 125 Å². The Morgan fingerprint density at radius 2 is 1.65 bits per heavy atom. The lowest BCUT2D eigenvalue weighted by Gasteiger charge is -2.28. The van der Waals surface area contributed by atoms with Crippen LogP contribution < -0.4 is 9.47 Å². The predicted molar refractivity (Wildman–Crippen MR) is 142 cm³/mol. The Morgan fingerprint density at radius 1 is 0.865 bits per heavy atom. The summed E-state index contributed by atoms with van der Waals surface area (Å²) in [6.07, 6.45) is 1.67. The van der Waals surface area contributed by atoms with Gasteiger partial charge in [-0.1, -0.05) is 84.9 Å². The van der Waals surface area contributed by atoms with E-state index < -0.39 is 0 Å². The standard InChI is InChI=1S/C31H24N4O2/c1-19-9-8-10-20(2)28(19)36-17-25-33-30-27-26(22-12-4-3-5-13-22)24-16-15-21-11-6-7-14-23(21)29(24)37-31(27)32-18-35(30)34-25/h3-16,18,26H,17H2,1-2H3/t26-/m1/s1. The van der Waals surface area contributed by atoms with Crippen molar-refractivity contribution in [1.29, 1.82) is 0 Å². The van der Waals surface area contributed by atoms with Crippen LogP contribution in [0.25, 0.3) is 16.4 Å². The molecule has 0 radical (unpaired) electrons. The molecular formula is C31H24N4O2. The fourth-order valence-corrected chi connectivity index (χ4v) is 5.31. The highest BCUT2D eigenvalue weighted by Crippen LogP contribution is 2.50. The zero-order valence-corrected chi connectivity index (χ0v) is 20.6. The van der Waals surface area contributed by atoms with Crippen LogP contribution in [-0.2, 0) is 6.61 Å². The average molecular weight is 485 g/mol. The van der Waals surface area contributed by atoms with Gasteiger partial charge in [-0.05, 0) is 35.9 Å². The molecule has 0 saturated heterocycles. The second kappa shape index (κ2) is 8.45. The highest BCUT2D eigenvalue weighted by atomic mass is 16.5. The number of hydrogen-bond donors (Lipinski definition) is 0. The summed E-state index contributed by atoms with van der Waals surface area (Å²) in [5.74, 6) is 2.76. The number of benzene rings is 4. The molecular weight excluding hydrogens is 460 g/mol. The number of fused-ring (bicyclic) bond motifs is 6. The summed E-state index contributed by atoms with van der Waals surface area (Å²) in [5.41, 5.74) is 6.03. The molecule has 6 heteroatoms. The van der Waals surface area contributed by atoms with Crippen molar-refractivity contribution in [3.8, 4) is 17.4 Å². The lowest BCUT2D eigenvalue weighted by molar-refractivity contribution is 0.292. The summed E-state index contributed by atoms with van der Waals surface area (Å²) in [4.78, 5) is 9.60. The first-order chi connectivity index (χ1) is 18.2. The SMILES string of the molecule is Cc1cccc(C)c1OCc1nc2c3c(ncn2n1)Oc1c(ccc2ccccc12)[C@H]3c1ccccc1. The number of hydrogen-bond acceptors (Lipinski definition) is 5. The summed E-state index contributed by atoms with van der Waals surface area (Å²) < 4.78 is 14.4. The molecule has 6 nitrogen and oxygen atoms in total. The van der Waals surface area contributed by atoms with E-state index in [0.717, 1.165) is 55.7 Å². The van der Waals surface area contributed by atoms with Gasteiger partial charge in [0.2, 0.25) is 5.88 Å². The van der Waals surface area contributed by atoms with Crippen molar-refractivity contribution in [3.63, 3.8) is 0 Å². The number of aryl methyl sites for hydroxylation is 2. The maximum Gasteiger partial charge on any atom is 0.228 e. The quantitative estimate of drug-likeness (QED) is 0.276. The molecule has 2 aromatic heterocycles. The van der Waals surface area contributed by atoms with E-state index in [2.05, 4.69) is 53.5 Å². The molecule has 3 heterocycles. The van der Waals surface area contributed by atoms with Gasteiger partial charge in [0.1, 0.15) is 24.4 Å². The fourth-order valence-electron chi connectivity index (χ4n) is 5.31. The van der Waals surface area contributed by atoms with E-state index in [1.165, 1.54) is 0 Å². The molecule has 1 atom stereocenters. The predicted octanol–water partition coefficient (Wildman–Crippen LogP) is 6.76. The average Bonchev–Trinajstić information content (AvgIpc) is 3.35. The van der Waals surface area contributed by atoms with E-state index in [4.69, 9.17) is 19.6 Å². The van der Waals surface area contributed by atoms with E-state index in [-0.39, 0.29) is 12.5 Å². The minimum Gasteiger partial charge on any atom is -0.485 e. The smallest absolute Gasteiger partial charge is 0.228 e. The first-order valence-electron chi connectivity index (χ1n) is 12.3. The molecule has 1 aliphatic rings. The van der Waals surface area contributed by atoms with Crippen molar-refractivity contribution in [2.24, 2.45) is 0 Å². The third kappa shape index (κ3) is 3.52. The van der Waals surface area contributed by atoms with Crippen LogP contribution in [0.4, 0.5) is 0 Å². The van der Waals surface area contributed by atoms with Crippen LogP contribution in [0, 0.1) is 13.8 Å². The van der Waals surface area contributed by atoms with Gasteiger partial charge in [0.15, 0.2) is 11.5 Å². The van der Waals surface area contributed by atoms with Gasteiger partial charge in [-0.3, -0.25) is 0 Å². The van der Waals surface area contributed by atoms with E-state index >= 15 is 0 Å². The molecule has 1 aliphatic heterocycles. The van der Waals surface area contributed by atoms with Crippen molar-refractivity contribution in [1.82, 2.24) is 19.6 Å². The van der Waals surface area contributed by atoms with Gasteiger partial charge in [-0.15, -0.1) is 5.10 Å². The fraction of sp³-hybridized carbons (Fsp3) is 0.129. The van der Waals surface area contributed by atoms with Crippen LogP contribution in [0.2, 0.25) is 0 Å². The molecule has 0 spiro atoms. The van der Waals surface area contributed by atoms with Crippen LogP contribution in [0.3, 0.4) is 0 Å². The van der Waals surface area contributed by atoms with E-state index in [1.54, 1.807) is 10.8 Å². The first-order valence-corrected chi connectivity index (χ1v) is 12.3. The van der Waals surface area contributed by atoms with Crippen LogP contribution in [0.5, 0.6) is 17.4 Å². The molecule has 0 amide bonds. The van der Waals surface area contributed by atoms with Crippen molar-refractivity contribution in [2.45, 2.75) is 26.4 Å². The van der Waals surface area contributed by atoms with Gasteiger partial charge in [0, 0.05) is 16.9 Å². The summed E-state index contributed by atoms with van der Waals surface area (Å²) in [6.45, 7) is 4.35. The van der Waals surface area contributed by atoms with E-state index in [1.807, 2.05) is 50.2 Å². The largest absolute Gasteiger partial charge is 0.485 e. The molecule has 4 aromatic carbocycles. The van der Waals surface area contributed by atoms with Gasteiger partial charge in [0.05, 0.1) is 5.56 Å². The minimum atomic E-state index is -0.0997. The molecule has 0 unspecified atom stereocenters. The number of ether oxygens (including phenoxy) is 2. The van der Waals surface area contributed by atoms with Crippen molar-refractivity contribution < 1.29 is 9.47 Å². The van der Waals surface area contributed by atoms with Crippen LogP contribution in [0.15, 0.2) is 91.3 Å². The lowest BCUT2D eigenvalue weighted by atomic mass is 9.83. The number of aromatic nitrogens is 4. The second-order valence-electron chi connectivity index (χ2n) is 9.42. The zero-order chi connectivity index (χ0) is 24.9. The monoisotopic (exact) mass is 484 g/mol. The third-order valence-electron chi connectivity index (χ3n) is 7.03. The second-order valence-corrected chi connectivity index (χ2v) is 9.42. The molecule has 180 valence electrons. The Bertz CT molecular complexity index is 1770. The lowest BCUT2D eigenvalue weighted by Crippen LogP contribution is -2.15. The van der Waals surface area contributed by atoms with Gasteiger partial charge in [-0.25, -0.2) is 14.5 Å². The normalized spacial score (nSPS) is 14.3. The highest BCUT2D eigenvalue weighted by molar-refractivity contribution is 5.91. The maximum atomic E-state index is 6.50. The van der Waals surface area contributed by atoms with Crippen LogP contribution in [-0.4, -0.2) is 19.6 Å². The van der Waals surface area contributed by atoms with Crippen LogP contribution in [0.1, 0.15) is 39.6 Å². The van der Waals surface area contributed by atoms with Gasteiger partial charge in [0.25, 0.3) is 0 Å². The summed E-state index contributed by atoms with van der Waals surface area (Å²) in [7, 11) is 0. The Labute approximate surface area is 214 Å². The first kappa shape index (κ1) is 21.6. The molecule has 7 rings (SSSR count). The molecule has 0 aliphatic carbocycles. The van der Waals surface area contributed by atoms with Crippen molar-refractivity contribution >= 4 is 16.4 Å². The summed E-state index contributed by atoms with van der Waals surface area (Å²) >= 11 is 0. The van der Waals surface area contributed by atoms with Crippen molar-refractivity contribution in [2.75, 3.05) is 0 Å². The molecule has 0 N–H and O–H groups in total. The van der Waals surface area contributed by atoms with E-state index in [9.17, 15) is 0 Å². The summed E-state index contributed by atoms with van der Waals surface area (Å²) in [6, 6.07) is 29.1. The Morgan fingerprint density at radius 3 is 2.49 bits per heavy atom. The summed E-state index contributed by atoms with van der Waals surface area (Å²) in [5, 5.41) is 6.89. The number of rotatable bonds is 4.